The molecule has 1 N–H and O–H groups in total. The summed E-state index contributed by atoms with van der Waals surface area (Å²) in [6.07, 6.45) is 4.43. The molecule has 1 fully saturated rings. The number of ether oxygens (including phenoxy) is 1. The van der Waals surface area contributed by atoms with Crippen molar-refractivity contribution in [3.63, 3.8) is 0 Å². The standard InChI is InChI=1S/C29H34N6O3/c1-21-8-5-9-22(18-21)14-16-34(27(36)20-35-25-12-4-3-11-24(25)31-32-35)28(26-13-6-15-33(26)2)29(37)30-19-23-10-7-17-38-23/h3-6,8-9,11-13,15,18,23,28H,7,10,14,16-17,19-20H2,1-2H3,(H,30,37). The van der Waals surface area contributed by atoms with Gasteiger partial charge in [-0.25, -0.2) is 4.68 Å². The minimum atomic E-state index is -0.802. The van der Waals surface area contributed by atoms with Gasteiger partial charge < -0.3 is 19.5 Å². The first-order valence-corrected chi connectivity index (χ1v) is 13.1. The number of nitrogens with one attached hydrogen (secondary N) is 1. The molecule has 38 heavy (non-hydrogen) atoms. The lowest BCUT2D eigenvalue weighted by Gasteiger charge is -2.32. The van der Waals surface area contributed by atoms with Crippen molar-refractivity contribution in [2.45, 2.75) is 44.9 Å². The third-order valence-corrected chi connectivity index (χ3v) is 7.10. The molecule has 0 radical (unpaired) electrons. The van der Waals surface area contributed by atoms with Crippen LogP contribution in [0.15, 0.2) is 66.9 Å². The third-order valence-electron chi connectivity index (χ3n) is 7.10. The molecule has 0 aliphatic carbocycles. The molecule has 0 bridgehead atoms. The van der Waals surface area contributed by atoms with Crippen molar-refractivity contribution in [3.05, 3.63) is 83.7 Å². The van der Waals surface area contributed by atoms with Gasteiger partial charge in [-0.1, -0.05) is 47.2 Å². The Bertz CT molecular complexity index is 1400. The molecule has 2 amide bonds. The van der Waals surface area contributed by atoms with Crippen molar-refractivity contribution in [1.29, 1.82) is 0 Å². The summed E-state index contributed by atoms with van der Waals surface area (Å²) in [5.41, 5.74) is 4.51. The first kappa shape index (κ1) is 25.7. The number of hydrogen-bond acceptors (Lipinski definition) is 5. The highest BCUT2D eigenvalue weighted by molar-refractivity contribution is 5.89. The average molecular weight is 515 g/mol. The molecule has 2 atom stereocenters. The minimum absolute atomic E-state index is 0.00553. The summed E-state index contributed by atoms with van der Waals surface area (Å²) < 4.78 is 9.21. The fourth-order valence-electron chi connectivity index (χ4n) is 5.08. The summed E-state index contributed by atoms with van der Waals surface area (Å²) in [6, 6.07) is 18.8. The summed E-state index contributed by atoms with van der Waals surface area (Å²) in [7, 11) is 1.89. The number of rotatable bonds is 10. The van der Waals surface area contributed by atoms with Crippen LogP contribution >= 0.6 is 0 Å². The van der Waals surface area contributed by atoms with Crippen LogP contribution in [0, 0.1) is 6.92 Å². The first-order chi connectivity index (χ1) is 18.5. The zero-order valence-electron chi connectivity index (χ0n) is 21.9. The van der Waals surface area contributed by atoms with Crippen LogP contribution in [0.1, 0.15) is 35.7 Å². The van der Waals surface area contributed by atoms with Crippen LogP contribution in [0.25, 0.3) is 11.0 Å². The molecule has 2 aromatic heterocycles. The SMILES string of the molecule is Cc1cccc(CCN(C(=O)Cn2nnc3ccccc32)C(C(=O)NCC2CCCO2)c2cccn2C)c1. The molecule has 2 unspecified atom stereocenters. The lowest BCUT2D eigenvalue weighted by atomic mass is 10.1. The summed E-state index contributed by atoms with van der Waals surface area (Å²) in [6.45, 7) is 3.54. The number of fused-ring (bicyclic) bond motifs is 1. The van der Waals surface area contributed by atoms with Gasteiger partial charge in [0.05, 0.1) is 11.6 Å². The van der Waals surface area contributed by atoms with Crippen LogP contribution in [0.2, 0.25) is 0 Å². The third kappa shape index (κ3) is 5.78. The Morgan fingerprint density at radius 1 is 1.16 bits per heavy atom. The van der Waals surface area contributed by atoms with Gasteiger partial charge in [0.2, 0.25) is 11.8 Å². The Morgan fingerprint density at radius 2 is 2.03 bits per heavy atom. The second kappa shape index (κ2) is 11.6. The van der Waals surface area contributed by atoms with Gasteiger partial charge in [0.15, 0.2) is 6.04 Å². The summed E-state index contributed by atoms with van der Waals surface area (Å²) in [4.78, 5) is 29.4. The molecule has 1 saturated heterocycles. The summed E-state index contributed by atoms with van der Waals surface area (Å²) in [5, 5.41) is 11.5. The maximum Gasteiger partial charge on any atom is 0.249 e. The Kier molecular flexibility index (Phi) is 7.83. The van der Waals surface area contributed by atoms with E-state index in [2.05, 4.69) is 27.8 Å². The van der Waals surface area contributed by atoms with Gasteiger partial charge in [0.1, 0.15) is 12.1 Å². The lowest BCUT2D eigenvalue weighted by Crippen LogP contribution is -2.47. The van der Waals surface area contributed by atoms with Crippen LogP contribution in [-0.4, -0.2) is 62.1 Å². The summed E-state index contributed by atoms with van der Waals surface area (Å²) in [5.74, 6) is -0.421. The largest absolute Gasteiger partial charge is 0.376 e. The van der Waals surface area contributed by atoms with Crippen LogP contribution in [0.4, 0.5) is 0 Å². The van der Waals surface area contributed by atoms with Gasteiger partial charge in [0, 0.05) is 38.6 Å². The highest BCUT2D eigenvalue weighted by atomic mass is 16.5. The fraction of sp³-hybridized carbons (Fsp3) is 0.379. The van der Waals surface area contributed by atoms with Crippen molar-refractivity contribution in [2.75, 3.05) is 19.7 Å². The van der Waals surface area contributed by atoms with Crippen molar-refractivity contribution in [2.24, 2.45) is 7.05 Å². The average Bonchev–Trinajstić information content (AvgIpc) is 3.67. The van der Waals surface area contributed by atoms with E-state index in [1.807, 2.05) is 73.3 Å². The predicted octanol–water partition coefficient (Wildman–Crippen LogP) is 3.19. The summed E-state index contributed by atoms with van der Waals surface area (Å²) >= 11 is 0. The monoisotopic (exact) mass is 514 g/mol. The van der Waals surface area contributed by atoms with Crippen LogP contribution in [-0.2, 0) is 34.3 Å². The van der Waals surface area contributed by atoms with Gasteiger partial charge in [-0.15, -0.1) is 5.10 Å². The van der Waals surface area contributed by atoms with Crippen LogP contribution in [0.5, 0.6) is 0 Å². The highest BCUT2D eigenvalue weighted by Gasteiger charge is 2.34. The van der Waals surface area contributed by atoms with Crippen molar-refractivity contribution >= 4 is 22.8 Å². The van der Waals surface area contributed by atoms with E-state index < -0.39 is 6.04 Å². The maximum atomic E-state index is 14.0. The van der Waals surface area contributed by atoms with E-state index in [1.165, 1.54) is 0 Å². The number of carbonyl (C=O) groups is 2. The van der Waals surface area contributed by atoms with Crippen molar-refractivity contribution in [1.82, 2.24) is 29.8 Å². The number of aryl methyl sites for hydroxylation is 2. The van der Waals surface area contributed by atoms with Gasteiger partial charge in [-0.3, -0.25) is 9.59 Å². The molecule has 3 heterocycles. The molecule has 5 rings (SSSR count). The van der Waals surface area contributed by atoms with Gasteiger partial charge in [0.25, 0.3) is 0 Å². The van der Waals surface area contributed by atoms with E-state index in [0.29, 0.717) is 19.5 Å². The predicted molar refractivity (Wildman–Crippen MR) is 144 cm³/mol. The normalized spacial score (nSPS) is 16.0. The van der Waals surface area contributed by atoms with E-state index in [1.54, 1.807) is 9.58 Å². The number of hydrogen-bond donors (Lipinski definition) is 1. The second-order valence-electron chi connectivity index (χ2n) is 9.89. The van der Waals surface area contributed by atoms with E-state index in [4.69, 9.17) is 4.74 Å². The molecular formula is C29H34N6O3. The van der Waals surface area contributed by atoms with E-state index in [0.717, 1.165) is 47.3 Å². The number of aromatic nitrogens is 4. The quantitative estimate of drug-likeness (QED) is 0.351. The molecule has 0 saturated carbocycles. The molecule has 0 spiro atoms. The lowest BCUT2D eigenvalue weighted by molar-refractivity contribution is -0.141. The van der Waals surface area contributed by atoms with Crippen molar-refractivity contribution in [3.8, 4) is 0 Å². The Balaban J connectivity index is 1.45. The molecule has 9 nitrogen and oxygen atoms in total. The molecule has 198 valence electrons. The second-order valence-corrected chi connectivity index (χ2v) is 9.89. The van der Waals surface area contributed by atoms with Gasteiger partial charge >= 0.3 is 0 Å². The number of amides is 2. The number of benzene rings is 2. The van der Waals surface area contributed by atoms with E-state index in [-0.39, 0.29) is 24.5 Å². The molecule has 9 heteroatoms. The molecule has 1 aliphatic rings. The van der Waals surface area contributed by atoms with Gasteiger partial charge in [-0.05, 0) is 56.0 Å². The van der Waals surface area contributed by atoms with E-state index >= 15 is 0 Å². The van der Waals surface area contributed by atoms with E-state index in [9.17, 15) is 9.59 Å². The maximum absolute atomic E-state index is 14.0. The Labute approximate surface area is 222 Å². The molecule has 4 aromatic rings. The zero-order chi connectivity index (χ0) is 26.5. The Hall–Kier alpha value is -3.98. The van der Waals surface area contributed by atoms with Crippen LogP contribution < -0.4 is 5.32 Å². The minimum Gasteiger partial charge on any atom is -0.376 e. The number of carbonyl (C=O) groups excluding carboxylic acids is 2. The number of para-hydroxylation sites is 1. The molecule has 2 aromatic carbocycles. The smallest absolute Gasteiger partial charge is 0.249 e. The highest BCUT2D eigenvalue weighted by Crippen LogP contribution is 2.24. The van der Waals surface area contributed by atoms with Crippen molar-refractivity contribution < 1.29 is 14.3 Å². The zero-order valence-corrected chi connectivity index (χ0v) is 21.9. The topological polar surface area (TPSA) is 94.3 Å². The Morgan fingerprint density at radius 3 is 2.79 bits per heavy atom. The van der Waals surface area contributed by atoms with Gasteiger partial charge in [-0.2, -0.15) is 0 Å². The molecular weight excluding hydrogens is 480 g/mol. The number of nitrogens with zero attached hydrogens (tertiary/aromatic N) is 5. The molecule has 1 aliphatic heterocycles. The fourth-order valence-corrected chi connectivity index (χ4v) is 5.08. The van der Waals surface area contributed by atoms with Crippen LogP contribution in [0.3, 0.4) is 0 Å². The first-order valence-electron chi connectivity index (χ1n) is 13.1.